The monoisotopic (exact) mass is 344 g/mol. The molecule has 0 saturated heterocycles. The molecular weight excluding hydrogens is 328 g/mol. The van der Waals surface area contributed by atoms with Gasteiger partial charge in [-0.05, 0) is 12.1 Å². The van der Waals surface area contributed by atoms with Crippen LogP contribution in [-0.2, 0) is 9.59 Å². The molecule has 0 radical (unpaired) electrons. The Kier molecular flexibility index (Phi) is 4.66. The van der Waals surface area contributed by atoms with E-state index in [-0.39, 0.29) is 24.3 Å². The number of amides is 2. The van der Waals surface area contributed by atoms with Crippen LogP contribution in [0.15, 0.2) is 41.6 Å². The van der Waals surface area contributed by atoms with Gasteiger partial charge in [0, 0.05) is 11.9 Å². The molecule has 7 nitrogen and oxygen atoms in total. The maximum Gasteiger partial charge on any atom is 0.249 e. The molecule has 0 saturated carbocycles. The summed E-state index contributed by atoms with van der Waals surface area (Å²) in [6.07, 6.45) is 2.98. The number of benzene rings is 1. The lowest BCUT2D eigenvalue weighted by molar-refractivity contribution is -0.121. The lowest BCUT2D eigenvalue weighted by Crippen LogP contribution is -2.44. The van der Waals surface area contributed by atoms with Crippen LogP contribution in [0.3, 0.4) is 0 Å². The summed E-state index contributed by atoms with van der Waals surface area (Å²) in [7, 11) is 3.10. The number of hydrogen-bond acceptors (Lipinski definition) is 6. The number of carbonyl (C=O) groups is 2. The number of rotatable bonds is 4. The van der Waals surface area contributed by atoms with E-state index < -0.39 is 0 Å². The zero-order valence-corrected chi connectivity index (χ0v) is 14.1. The molecule has 124 valence electrons. The summed E-state index contributed by atoms with van der Waals surface area (Å²) in [5.41, 5.74) is 0.760. The molecule has 0 spiro atoms. The van der Waals surface area contributed by atoms with Crippen LogP contribution in [0.25, 0.3) is 0 Å². The van der Waals surface area contributed by atoms with Gasteiger partial charge in [0.15, 0.2) is 5.75 Å². The molecule has 24 heavy (non-hydrogen) atoms. The van der Waals surface area contributed by atoms with E-state index in [1.807, 2.05) is 24.3 Å². The fourth-order valence-electron chi connectivity index (χ4n) is 2.27. The van der Waals surface area contributed by atoms with E-state index in [9.17, 15) is 9.59 Å². The largest absolute Gasteiger partial charge is 0.494 e. The number of anilines is 2. The quantitative estimate of drug-likeness (QED) is 0.838. The molecule has 0 fully saturated rings. The Bertz CT molecular complexity index is 766. The normalized spacial score (nSPS) is 13.4. The number of para-hydroxylation sites is 1. The highest BCUT2D eigenvalue weighted by Crippen LogP contribution is 2.34. The van der Waals surface area contributed by atoms with E-state index in [4.69, 9.17) is 4.74 Å². The van der Waals surface area contributed by atoms with Crippen molar-refractivity contribution in [3.63, 3.8) is 0 Å². The maximum atomic E-state index is 12.5. The average Bonchev–Trinajstić information content (AvgIpc) is 2.63. The fourth-order valence-corrected chi connectivity index (χ4v) is 3.20. The van der Waals surface area contributed by atoms with Crippen molar-refractivity contribution in [1.29, 1.82) is 0 Å². The molecule has 2 aromatic rings. The highest BCUT2D eigenvalue weighted by atomic mass is 32.2. The van der Waals surface area contributed by atoms with Crippen molar-refractivity contribution in [2.75, 3.05) is 36.3 Å². The minimum absolute atomic E-state index is 0.0533. The molecule has 1 aliphatic rings. The van der Waals surface area contributed by atoms with E-state index in [0.717, 1.165) is 10.6 Å². The van der Waals surface area contributed by atoms with Gasteiger partial charge in [0.05, 0.1) is 30.9 Å². The predicted octanol–water partition coefficient (Wildman–Crippen LogP) is 1.59. The SMILES string of the molecule is COc1cnc(N(C)C(=O)CN2C(=O)CSc3ccccc32)nc1. The van der Waals surface area contributed by atoms with E-state index in [0.29, 0.717) is 11.5 Å². The summed E-state index contributed by atoms with van der Waals surface area (Å²) in [5, 5.41) is 0. The van der Waals surface area contributed by atoms with Crippen molar-refractivity contribution in [2.45, 2.75) is 4.90 Å². The molecule has 2 amide bonds. The van der Waals surface area contributed by atoms with Gasteiger partial charge in [-0.3, -0.25) is 14.5 Å². The topological polar surface area (TPSA) is 75.6 Å². The second kappa shape index (κ2) is 6.88. The number of fused-ring (bicyclic) bond motifs is 1. The number of hydrogen-bond donors (Lipinski definition) is 0. The first-order valence-corrected chi connectivity index (χ1v) is 8.23. The van der Waals surface area contributed by atoms with Crippen LogP contribution in [0.5, 0.6) is 5.75 Å². The Labute approximate surface area is 143 Å². The smallest absolute Gasteiger partial charge is 0.249 e. The third-order valence-electron chi connectivity index (χ3n) is 3.63. The highest BCUT2D eigenvalue weighted by Gasteiger charge is 2.27. The standard InChI is InChI=1S/C16H16N4O3S/c1-19(16-17-7-11(23-2)8-18-16)14(21)9-20-12-5-3-4-6-13(12)24-10-15(20)22/h3-8H,9-10H2,1-2H3. The number of methoxy groups -OCH3 is 1. The van der Waals surface area contributed by atoms with Crippen molar-refractivity contribution in [2.24, 2.45) is 0 Å². The van der Waals surface area contributed by atoms with Crippen molar-refractivity contribution >= 4 is 35.2 Å². The van der Waals surface area contributed by atoms with Gasteiger partial charge in [-0.15, -0.1) is 11.8 Å². The Morgan fingerprint density at radius 1 is 1.33 bits per heavy atom. The molecule has 0 unspecified atom stereocenters. The number of aromatic nitrogens is 2. The van der Waals surface area contributed by atoms with E-state index in [1.54, 1.807) is 7.05 Å². The van der Waals surface area contributed by atoms with Crippen molar-refractivity contribution < 1.29 is 14.3 Å². The molecule has 8 heteroatoms. The predicted molar refractivity (Wildman–Crippen MR) is 91.5 cm³/mol. The summed E-state index contributed by atoms with van der Waals surface area (Å²) in [6.45, 7) is -0.0533. The molecule has 1 aromatic carbocycles. The Morgan fingerprint density at radius 3 is 2.75 bits per heavy atom. The van der Waals surface area contributed by atoms with Crippen LogP contribution in [0.4, 0.5) is 11.6 Å². The lowest BCUT2D eigenvalue weighted by Gasteiger charge is -2.29. The Morgan fingerprint density at radius 2 is 2.04 bits per heavy atom. The van der Waals surface area contributed by atoms with E-state index in [1.165, 1.54) is 41.1 Å². The molecule has 1 aliphatic heterocycles. The van der Waals surface area contributed by atoms with Crippen molar-refractivity contribution in [3.8, 4) is 5.75 Å². The summed E-state index contributed by atoms with van der Waals surface area (Å²) in [6, 6.07) is 7.56. The van der Waals surface area contributed by atoms with Gasteiger partial charge in [0.2, 0.25) is 17.8 Å². The molecular formula is C16H16N4O3S. The first-order valence-electron chi connectivity index (χ1n) is 7.25. The molecule has 0 N–H and O–H groups in total. The van der Waals surface area contributed by atoms with Gasteiger partial charge < -0.3 is 9.64 Å². The average molecular weight is 344 g/mol. The molecule has 0 bridgehead atoms. The van der Waals surface area contributed by atoms with Gasteiger partial charge >= 0.3 is 0 Å². The molecule has 0 atom stereocenters. The zero-order valence-electron chi connectivity index (χ0n) is 13.3. The fraction of sp³-hybridized carbons (Fsp3) is 0.250. The van der Waals surface area contributed by atoms with Crippen LogP contribution < -0.4 is 14.5 Å². The summed E-state index contributed by atoms with van der Waals surface area (Å²) < 4.78 is 5.00. The van der Waals surface area contributed by atoms with Crippen LogP contribution in [0, 0.1) is 0 Å². The van der Waals surface area contributed by atoms with Crippen LogP contribution in [-0.4, -0.2) is 48.2 Å². The van der Waals surface area contributed by atoms with Gasteiger partial charge in [0.25, 0.3) is 0 Å². The van der Waals surface area contributed by atoms with Gasteiger partial charge in [0.1, 0.15) is 6.54 Å². The molecule has 1 aromatic heterocycles. The number of thioether (sulfide) groups is 1. The Hall–Kier alpha value is -2.61. The molecule has 2 heterocycles. The first kappa shape index (κ1) is 16.3. The second-order valence-corrected chi connectivity index (χ2v) is 6.13. The van der Waals surface area contributed by atoms with Gasteiger partial charge in [-0.1, -0.05) is 12.1 Å². The third-order valence-corrected chi connectivity index (χ3v) is 4.67. The number of ether oxygens (including phenoxy) is 1. The minimum atomic E-state index is -0.268. The second-order valence-electron chi connectivity index (χ2n) is 5.11. The molecule has 0 aliphatic carbocycles. The summed E-state index contributed by atoms with van der Waals surface area (Å²) >= 11 is 1.48. The summed E-state index contributed by atoms with van der Waals surface area (Å²) in [4.78, 5) is 36.8. The van der Waals surface area contributed by atoms with E-state index in [2.05, 4.69) is 9.97 Å². The van der Waals surface area contributed by atoms with Crippen molar-refractivity contribution in [3.05, 3.63) is 36.7 Å². The van der Waals surface area contributed by atoms with Crippen LogP contribution in [0.1, 0.15) is 0 Å². The van der Waals surface area contributed by atoms with Gasteiger partial charge in [-0.2, -0.15) is 0 Å². The number of likely N-dealkylation sites (N-methyl/N-ethyl adjacent to an activating group) is 1. The van der Waals surface area contributed by atoms with Crippen molar-refractivity contribution in [1.82, 2.24) is 9.97 Å². The Balaban J connectivity index is 1.77. The first-order chi connectivity index (χ1) is 11.6. The zero-order chi connectivity index (χ0) is 17.1. The summed E-state index contributed by atoms with van der Waals surface area (Å²) in [5.74, 6) is 0.739. The number of nitrogens with zero attached hydrogens (tertiary/aromatic N) is 4. The highest BCUT2D eigenvalue weighted by molar-refractivity contribution is 8.00. The minimum Gasteiger partial charge on any atom is -0.494 e. The van der Waals surface area contributed by atoms with Crippen LogP contribution in [0.2, 0.25) is 0 Å². The van der Waals surface area contributed by atoms with E-state index >= 15 is 0 Å². The van der Waals surface area contributed by atoms with Gasteiger partial charge in [-0.25, -0.2) is 9.97 Å². The third kappa shape index (κ3) is 3.18. The number of carbonyl (C=O) groups excluding carboxylic acids is 2. The van der Waals surface area contributed by atoms with Crippen LogP contribution >= 0.6 is 11.8 Å². The lowest BCUT2D eigenvalue weighted by atomic mass is 10.2. The maximum absolute atomic E-state index is 12.5. The molecule has 3 rings (SSSR count).